The van der Waals surface area contributed by atoms with Crippen LogP contribution in [0.2, 0.25) is 0 Å². The quantitative estimate of drug-likeness (QED) is 0.572. The van der Waals surface area contributed by atoms with Gasteiger partial charge in [0.1, 0.15) is 0 Å². The van der Waals surface area contributed by atoms with E-state index >= 15 is 0 Å². The minimum Gasteiger partial charge on any atom is -0.356 e. The Morgan fingerprint density at radius 1 is 1.31 bits per heavy atom. The van der Waals surface area contributed by atoms with Crippen LogP contribution in [0.4, 0.5) is 0 Å². The van der Waals surface area contributed by atoms with Crippen molar-refractivity contribution in [2.45, 2.75) is 20.3 Å². The van der Waals surface area contributed by atoms with Crippen LogP contribution in [0.1, 0.15) is 20.3 Å². The van der Waals surface area contributed by atoms with E-state index in [-0.39, 0.29) is 17.7 Å². The van der Waals surface area contributed by atoms with Gasteiger partial charge in [0.15, 0.2) is 0 Å². The predicted molar refractivity (Wildman–Crippen MR) is 61.8 cm³/mol. The number of carbonyl (C=O) groups is 2. The van der Waals surface area contributed by atoms with E-state index in [0.717, 1.165) is 13.1 Å². The second kappa shape index (κ2) is 6.48. The Morgan fingerprint density at radius 3 is 2.50 bits per heavy atom. The second-order valence-electron chi connectivity index (χ2n) is 4.59. The summed E-state index contributed by atoms with van der Waals surface area (Å²) in [7, 11) is 0. The highest BCUT2D eigenvalue weighted by molar-refractivity contribution is 5.81. The molecule has 0 aromatic heterocycles. The van der Waals surface area contributed by atoms with Crippen molar-refractivity contribution >= 4 is 11.8 Å². The van der Waals surface area contributed by atoms with Crippen molar-refractivity contribution in [1.29, 1.82) is 0 Å². The summed E-state index contributed by atoms with van der Waals surface area (Å²) in [5, 5.41) is 8.61. The molecule has 1 aliphatic heterocycles. The van der Waals surface area contributed by atoms with Gasteiger partial charge in [0.25, 0.3) is 0 Å². The third-order valence-electron chi connectivity index (χ3n) is 2.51. The first-order valence-corrected chi connectivity index (χ1v) is 5.84. The van der Waals surface area contributed by atoms with Crippen molar-refractivity contribution < 1.29 is 9.59 Å². The summed E-state index contributed by atoms with van der Waals surface area (Å²) in [6.07, 6.45) is 0.360. The van der Waals surface area contributed by atoms with Crippen LogP contribution in [0, 0.1) is 11.8 Å². The fourth-order valence-electron chi connectivity index (χ4n) is 1.32. The molecule has 5 nitrogen and oxygen atoms in total. The zero-order chi connectivity index (χ0) is 12.0. The highest BCUT2D eigenvalue weighted by Gasteiger charge is 2.24. The average molecular weight is 227 g/mol. The molecule has 5 heteroatoms. The first-order chi connectivity index (χ1) is 7.59. The number of amides is 2. The second-order valence-corrected chi connectivity index (χ2v) is 4.59. The molecular formula is C11H21N3O2. The topological polar surface area (TPSA) is 70.2 Å². The Bertz CT molecular complexity index is 250. The molecule has 1 aliphatic rings. The molecular weight excluding hydrogens is 206 g/mol. The molecule has 1 saturated heterocycles. The summed E-state index contributed by atoms with van der Waals surface area (Å²) in [4.78, 5) is 22.7. The van der Waals surface area contributed by atoms with Gasteiger partial charge >= 0.3 is 0 Å². The highest BCUT2D eigenvalue weighted by atomic mass is 16.2. The van der Waals surface area contributed by atoms with Crippen molar-refractivity contribution in [1.82, 2.24) is 16.0 Å². The maximum atomic E-state index is 11.4. The van der Waals surface area contributed by atoms with Crippen LogP contribution >= 0.6 is 0 Å². The lowest BCUT2D eigenvalue weighted by atomic mass is 10.0. The molecule has 1 rings (SSSR count). The lowest BCUT2D eigenvalue weighted by Gasteiger charge is -2.25. The largest absolute Gasteiger partial charge is 0.356 e. The van der Waals surface area contributed by atoms with E-state index in [9.17, 15) is 9.59 Å². The van der Waals surface area contributed by atoms with Crippen molar-refractivity contribution in [3.8, 4) is 0 Å². The van der Waals surface area contributed by atoms with Crippen molar-refractivity contribution in [3.05, 3.63) is 0 Å². The molecule has 1 heterocycles. The Hall–Kier alpha value is -1.10. The van der Waals surface area contributed by atoms with Crippen molar-refractivity contribution in [3.63, 3.8) is 0 Å². The molecule has 92 valence electrons. The van der Waals surface area contributed by atoms with E-state index in [0.29, 0.717) is 25.4 Å². The summed E-state index contributed by atoms with van der Waals surface area (Å²) >= 11 is 0. The molecule has 0 atom stereocenters. The van der Waals surface area contributed by atoms with Gasteiger partial charge in [-0.3, -0.25) is 9.59 Å². The van der Waals surface area contributed by atoms with Gasteiger partial charge in [-0.1, -0.05) is 13.8 Å². The Labute approximate surface area is 96.4 Å². The minimum atomic E-state index is 0.000680. The molecule has 16 heavy (non-hydrogen) atoms. The van der Waals surface area contributed by atoms with Crippen LogP contribution in [-0.2, 0) is 9.59 Å². The maximum Gasteiger partial charge on any atom is 0.225 e. The molecule has 0 aromatic carbocycles. The van der Waals surface area contributed by atoms with Crippen molar-refractivity contribution in [2.24, 2.45) is 11.8 Å². The van der Waals surface area contributed by atoms with Gasteiger partial charge in [-0.05, 0) is 5.92 Å². The van der Waals surface area contributed by atoms with Gasteiger partial charge in [0.05, 0.1) is 5.92 Å². The molecule has 0 aromatic rings. The fraction of sp³-hybridized carbons (Fsp3) is 0.818. The van der Waals surface area contributed by atoms with Crippen LogP contribution < -0.4 is 16.0 Å². The van der Waals surface area contributed by atoms with Gasteiger partial charge in [0, 0.05) is 32.6 Å². The smallest absolute Gasteiger partial charge is 0.225 e. The fourth-order valence-corrected chi connectivity index (χ4v) is 1.32. The summed E-state index contributed by atoms with van der Waals surface area (Å²) in [6.45, 7) is 6.73. The molecule has 0 saturated carbocycles. The summed E-state index contributed by atoms with van der Waals surface area (Å²) in [6, 6.07) is 0. The number of rotatable bonds is 6. The first kappa shape index (κ1) is 13.0. The Morgan fingerprint density at radius 2 is 2.00 bits per heavy atom. The highest BCUT2D eigenvalue weighted by Crippen LogP contribution is 2.01. The Kier molecular flexibility index (Phi) is 5.25. The lowest BCUT2D eigenvalue weighted by molar-refractivity contribution is -0.126. The van der Waals surface area contributed by atoms with Crippen LogP contribution in [0.5, 0.6) is 0 Å². The van der Waals surface area contributed by atoms with E-state index < -0.39 is 0 Å². The summed E-state index contributed by atoms with van der Waals surface area (Å²) < 4.78 is 0. The van der Waals surface area contributed by atoms with E-state index in [1.54, 1.807) is 0 Å². The van der Waals surface area contributed by atoms with E-state index in [4.69, 9.17) is 0 Å². The number of carbonyl (C=O) groups excluding carboxylic acids is 2. The Balaban J connectivity index is 2.01. The lowest BCUT2D eigenvalue weighted by Crippen LogP contribution is -2.51. The zero-order valence-corrected chi connectivity index (χ0v) is 10.0. The van der Waals surface area contributed by atoms with E-state index in [1.807, 2.05) is 13.8 Å². The number of hydrogen-bond acceptors (Lipinski definition) is 3. The first-order valence-electron chi connectivity index (χ1n) is 5.84. The molecule has 3 N–H and O–H groups in total. The van der Waals surface area contributed by atoms with E-state index in [1.165, 1.54) is 0 Å². The zero-order valence-electron chi connectivity index (χ0n) is 10.0. The van der Waals surface area contributed by atoms with Gasteiger partial charge in [0.2, 0.25) is 11.8 Å². The monoisotopic (exact) mass is 227 g/mol. The summed E-state index contributed by atoms with van der Waals surface area (Å²) in [5.41, 5.74) is 0. The minimum absolute atomic E-state index is 0.000680. The molecule has 0 aliphatic carbocycles. The van der Waals surface area contributed by atoms with Crippen LogP contribution in [-0.4, -0.2) is 38.0 Å². The third kappa shape index (κ3) is 4.61. The molecule has 0 radical (unpaired) electrons. The van der Waals surface area contributed by atoms with Gasteiger partial charge in [-0.25, -0.2) is 0 Å². The third-order valence-corrected chi connectivity index (χ3v) is 2.51. The standard InChI is InChI=1S/C11H21N3O2/c1-8(2)5-14-10(15)3-4-13-11(16)9-6-12-7-9/h8-9,12H,3-7H2,1-2H3,(H,13,16)(H,14,15). The molecule has 0 unspecified atom stereocenters. The van der Waals surface area contributed by atoms with Crippen LogP contribution in [0.25, 0.3) is 0 Å². The predicted octanol–water partition coefficient (Wildman–Crippen LogP) is -0.516. The maximum absolute atomic E-state index is 11.4. The number of hydrogen-bond donors (Lipinski definition) is 3. The van der Waals surface area contributed by atoms with Crippen molar-refractivity contribution in [2.75, 3.05) is 26.2 Å². The van der Waals surface area contributed by atoms with Gasteiger partial charge in [-0.15, -0.1) is 0 Å². The van der Waals surface area contributed by atoms with E-state index in [2.05, 4.69) is 16.0 Å². The van der Waals surface area contributed by atoms with Crippen LogP contribution in [0.3, 0.4) is 0 Å². The summed E-state index contributed by atoms with van der Waals surface area (Å²) in [5.74, 6) is 0.606. The SMILES string of the molecule is CC(C)CNC(=O)CCNC(=O)C1CNC1. The molecule has 0 spiro atoms. The molecule has 0 bridgehead atoms. The molecule has 2 amide bonds. The molecule has 1 fully saturated rings. The average Bonchev–Trinajstić information content (AvgIpc) is 2.11. The number of nitrogens with one attached hydrogen (secondary N) is 3. The normalized spacial score (nSPS) is 15.7. The van der Waals surface area contributed by atoms with Gasteiger partial charge < -0.3 is 16.0 Å². The van der Waals surface area contributed by atoms with Crippen LogP contribution in [0.15, 0.2) is 0 Å². The van der Waals surface area contributed by atoms with Gasteiger partial charge in [-0.2, -0.15) is 0 Å².